The summed E-state index contributed by atoms with van der Waals surface area (Å²) in [6, 6.07) is 12.3. The van der Waals surface area contributed by atoms with Crippen LogP contribution >= 0.6 is 23.4 Å². The van der Waals surface area contributed by atoms with Crippen molar-refractivity contribution < 1.29 is 0 Å². The van der Waals surface area contributed by atoms with E-state index in [0.29, 0.717) is 6.04 Å². The number of aromatic nitrogens is 1. The van der Waals surface area contributed by atoms with Gasteiger partial charge in [0.2, 0.25) is 0 Å². The fourth-order valence-electron chi connectivity index (χ4n) is 1.87. The molecule has 1 aromatic heterocycles. The van der Waals surface area contributed by atoms with Crippen LogP contribution in [0.4, 0.5) is 0 Å². The molecule has 1 aromatic carbocycles. The Morgan fingerprint density at radius 1 is 1.26 bits per heavy atom. The molecule has 1 N–H and O–H groups in total. The molecule has 1 atom stereocenters. The van der Waals surface area contributed by atoms with Crippen molar-refractivity contribution in [3.05, 3.63) is 53.3 Å². The summed E-state index contributed by atoms with van der Waals surface area (Å²) in [5.41, 5.74) is 1.08. The van der Waals surface area contributed by atoms with Crippen LogP contribution < -0.4 is 5.32 Å². The maximum atomic E-state index is 6.15. The van der Waals surface area contributed by atoms with Gasteiger partial charge in [-0.05, 0) is 37.7 Å². The fraction of sp³-hybridized carbons (Fsp3) is 0.267. The van der Waals surface area contributed by atoms with E-state index in [1.165, 1.54) is 0 Å². The Kier molecular flexibility index (Phi) is 5.25. The first-order valence-corrected chi connectivity index (χ1v) is 7.49. The zero-order valence-corrected chi connectivity index (χ0v) is 12.6. The summed E-state index contributed by atoms with van der Waals surface area (Å²) >= 11 is 7.78. The molecule has 4 heteroatoms. The standard InChI is InChI=1S/C15H17ClN2S/c1-3-13(17-2)14-9-8-11(10-18-14)19-15-7-5-4-6-12(15)16/h4-10,13,17H,3H2,1-2H3. The number of nitrogens with zero attached hydrogens (tertiary/aromatic N) is 1. The first kappa shape index (κ1) is 14.4. The average molecular weight is 293 g/mol. The van der Waals surface area contributed by atoms with Crippen molar-refractivity contribution in [2.75, 3.05) is 7.05 Å². The highest BCUT2D eigenvalue weighted by atomic mass is 35.5. The molecule has 0 aliphatic rings. The highest BCUT2D eigenvalue weighted by Gasteiger charge is 2.08. The maximum absolute atomic E-state index is 6.15. The second kappa shape index (κ2) is 6.94. The average Bonchev–Trinajstić information content (AvgIpc) is 2.44. The van der Waals surface area contributed by atoms with Gasteiger partial charge in [-0.2, -0.15) is 0 Å². The van der Waals surface area contributed by atoms with Gasteiger partial charge in [-0.3, -0.25) is 4.98 Å². The monoisotopic (exact) mass is 292 g/mol. The van der Waals surface area contributed by atoms with E-state index in [-0.39, 0.29) is 0 Å². The molecule has 0 aliphatic heterocycles. The van der Waals surface area contributed by atoms with Gasteiger partial charge in [0, 0.05) is 22.0 Å². The lowest BCUT2D eigenvalue weighted by Gasteiger charge is -2.13. The molecule has 1 unspecified atom stereocenters. The van der Waals surface area contributed by atoms with Crippen LogP contribution in [0.5, 0.6) is 0 Å². The fourth-order valence-corrected chi connectivity index (χ4v) is 2.93. The van der Waals surface area contributed by atoms with Gasteiger partial charge in [0.05, 0.1) is 10.7 Å². The second-order valence-corrected chi connectivity index (χ2v) is 5.72. The zero-order valence-electron chi connectivity index (χ0n) is 11.1. The smallest absolute Gasteiger partial charge is 0.0573 e. The Bertz CT molecular complexity index is 524. The minimum Gasteiger partial charge on any atom is -0.312 e. The molecular formula is C15H17ClN2S. The molecule has 0 radical (unpaired) electrons. The van der Waals surface area contributed by atoms with Crippen LogP contribution in [0, 0.1) is 0 Å². The second-order valence-electron chi connectivity index (χ2n) is 4.20. The number of halogens is 1. The molecular weight excluding hydrogens is 276 g/mol. The van der Waals surface area contributed by atoms with E-state index in [1.54, 1.807) is 11.8 Å². The number of benzene rings is 1. The van der Waals surface area contributed by atoms with Crippen LogP contribution in [-0.4, -0.2) is 12.0 Å². The largest absolute Gasteiger partial charge is 0.312 e. The lowest BCUT2D eigenvalue weighted by molar-refractivity contribution is 0.561. The zero-order chi connectivity index (χ0) is 13.7. The molecule has 0 saturated carbocycles. The van der Waals surface area contributed by atoms with Gasteiger partial charge in [0.15, 0.2) is 0 Å². The first-order chi connectivity index (χ1) is 9.24. The highest BCUT2D eigenvalue weighted by Crippen LogP contribution is 2.32. The summed E-state index contributed by atoms with van der Waals surface area (Å²) in [4.78, 5) is 6.67. The number of pyridine rings is 1. The van der Waals surface area contributed by atoms with Crippen LogP contribution in [0.25, 0.3) is 0 Å². The SMILES string of the molecule is CCC(NC)c1ccc(Sc2ccccc2Cl)cn1. The predicted octanol–water partition coefficient (Wildman–Crippen LogP) is 4.56. The third kappa shape index (κ3) is 3.72. The van der Waals surface area contributed by atoms with Gasteiger partial charge in [0.1, 0.15) is 0 Å². The third-order valence-corrected chi connectivity index (χ3v) is 4.43. The summed E-state index contributed by atoms with van der Waals surface area (Å²) in [5.74, 6) is 0. The van der Waals surface area contributed by atoms with E-state index in [9.17, 15) is 0 Å². The molecule has 0 bridgehead atoms. The van der Waals surface area contributed by atoms with Crippen LogP contribution in [-0.2, 0) is 0 Å². The van der Waals surface area contributed by atoms with Crippen molar-refractivity contribution in [3.63, 3.8) is 0 Å². The Morgan fingerprint density at radius 2 is 2.05 bits per heavy atom. The van der Waals surface area contributed by atoms with E-state index in [4.69, 9.17) is 11.6 Å². The van der Waals surface area contributed by atoms with Gasteiger partial charge in [0.25, 0.3) is 0 Å². The molecule has 2 aromatic rings. The van der Waals surface area contributed by atoms with E-state index < -0.39 is 0 Å². The maximum Gasteiger partial charge on any atom is 0.0573 e. The number of rotatable bonds is 5. The van der Waals surface area contributed by atoms with Crippen LogP contribution in [0.1, 0.15) is 25.1 Å². The van der Waals surface area contributed by atoms with Crippen LogP contribution in [0.15, 0.2) is 52.4 Å². The minimum absolute atomic E-state index is 0.319. The molecule has 0 aliphatic carbocycles. The van der Waals surface area contributed by atoms with Crippen molar-refractivity contribution in [3.8, 4) is 0 Å². The van der Waals surface area contributed by atoms with E-state index >= 15 is 0 Å². The molecule has 1 heterocycles. The van der Waals surface area contributed by atoms with Gasteiger partial charge < -0.3 is 5.32 Å². The van der Waals surface area contributed by atoms with Gasteiger partial charge in [-0.25, -0.2) is 0 Å². The lowest BCUT2D eigenvalue weighted by atomic mass is 10.1. The highest BCUT2D eigenvalue weighted by molar-refractivity contribution is 7.99. The Morgan fingerprint density at radius 3 is 2.63 bits per heavy atom. The van der Waals surface area contributed by atoms with Crippen LogP contribution in [0.2, 0.25) is 5.02 Å². The molecule has 0 saturated heterocycles. The van der Waals surface area contributed by atoms with E-state index in [1.807, 2.05) is 37.5 Å². The normalized spacial score (nSPS) is 12.4. The molecule has 0 fully saturated rings. The van der Waals surface area contributed by atoms with Gasteiger partial charge in [-0.1, -0.05) is 42.4 Å². The number of hydrogen-bond acceptors (Lipinski definition) is 3. The summed E-state index contributed by atoms with van der Waals surface area (Å²) < 4.78 is 0. The first-order valence-electron chi connectivity index (χ1n) is 6.30. The molecule has 100 valence electrons. The van der Waals surface area contributed by atoms with E-state index in [2.05, 4.69) is 29.4 Å². The van der Waals surface area contributed by atoms with Crippen molar-refractivity contribution in [1.82, 2.24) is 10.3 Å². The molecule has 0 amide bonds. The van der Waals surface area contributed by atoms with Gasteiger partial charge in [-0.15, -0.1) is 0 Å². The predicted molar refractivity (Wildman–Crippen MR) is 81.9 cm³/mol. The van der Waals surface area contributed by atoms with E-state index in [0.717, 1.165) is 26.9 Å². The third-order valence-electron chi connectivity index (χ3n) is 2.94. The molecule has 2 nitrogen and oxygen atoms in total. The van der Waals surface area contributed by atoms with Crippen molar-refractivity contribution in [1.29, 1.82) is 0 Å². The summed E-state index contributed by atoms with van der Waals surface area (Å²) in [7, 11) is 1.96. The van der Waals surface area contributed by atoms with Gasteiger partial charge >= 0.3 is 0 Å². The number of hydrogen-bond donors (Lipinski definition) is 1. The topological polar surface area (TPSA) is 24.9 Å². The van der Waals surface area contributed by atoms with Crippen molar-refractivity contribution in [2.24, 2.45) is 0 Å². The summed E-state index contributed by atoms with van der Waals surface area (Å²) in [5, 5.41) is 4.03. The molecule has 19 heavy (non-hydrogen) atoms. The van der Waals surface area contributed by atoms with Crippen molar-refractivity contribution in [2.45, 2.75) is 29.2 Å². The summed E-state index contributed by atoms with van der Waals surface area (Å²) in [6.45, 7) is 2.15. The number of nitrogens with one attached hydrogen (secondary N) is 1. The molecule has 0 spiro atoms. The Hall–Kier alpha value is -1.03. The molecule has 2 rings (SSSR count). The Labute approximate surface area is 123 Å². The quantitative estimate of drug-likeness (QED) is 0.874. The summed E-state index contributed by atoms with van der Waals surface area (Å²) in [6.07, 6.45) is 2.93. The van der Waals surface area contributed by atoms with Crippen molar-refractivity contribution >= 4 is 23.4 Å². The Balaban J connectivity index is 2.13. The lowest BCUT2D eigenvalue weighted by Crippen LogP contribution is -2.16. The van der Waals surface area contributed by atoms with Crippen LogP contribution in [0.3, 0.4) is 0 Å². The minimum atomic E-state index is 0.319.